The Hall–Kier alpha value is -3.51. The number of Topliss-reactive ketones (excluding diaryl/α,β-unsaturated/α-hetero) is 1. The van der Waals surface area contributed by atoms with E-state index in [4.69, 9.17) is 0 Å². The van der Waals surface area contributed by atoms with Gasteiger partial charge in [-0.3, -0.25) is 4.79 Å². The topological polar surface area (TPSA) is 68.1 Å². The highest BCUT2D eigenvalue weighted by atomic mass is 31.2. The number of rotatable bonds is 7. The van der Waals surface area contributed by atoms with E-state index in [0.717, 1.165) is 0 Å². The molecule has 0 amide bonds. The van der Waals surface area contributed by atoms with Crippen LogP contribution in [0.3, 0.4) is 0 Å². The van der Waals surface area contributed by atoms with Crippen LogP contribution in [0.5, 0.6) is 0 Å². The summed E-state index contributed by atoms with van der Waals surface area (Å²) in [6.45, 7) is 1.19. The highest BCUT2D eigenvalue weighted by Crippen LogP contribution is 2.46. The lowest BCUT2D eigenvalue weighted by Gasteiger charge is -2.25. The fourth-order valence-electron chi connectivity index (χ4n) is 3.16. The maximum Gasteiger partial charge on any atom is 0.456 e. The number of hydrogen-bond acceptors (Lipinski definition) is 4. The second-order valence-corrected chi connectivity index (χ2v) is 9.73. The standard InChI is InChI=1S/C24H20F3N2O3P/c1-2-32-23(31)21(22(30)24(25,26)27)28-29-33(18-12-6-3-7-13-18,19-14-8-4-9-15-19)20-16-10-5-11-17-20/h3-17H,2H2,1H3/b28-21+. The van der Waals surface area contributed by atoms with Gasteiger partial charge in [0.2, 0.25) is 5.71 Å². The summed E-state index contributed by atoms with van der Waals surface area (Å²) in [7, 11) is -3.05. The first-order chi connectivity index (χ1) is 15.8. The van der Waals surface area contributed by atoms with Gasteiger partial charge in [0.1, 0.15) is 0 Å². The smallest absolute Gasteiger partial charge is 0.456 e. The molecule has 0 heterocycles. The number of alkyl halides is 3. The summed E-state index contributed by atoms with van der Waals surface area (Å²) >= 11 is 0. The number of ether oxygens (including phenoxy) is 1. The third-order valence-corrected chi connectivity index (χ3v) is 8.10. The van der Waals surface area contributed by atoms with Gasteiger partial charge >= 0.3 is 12.1 Å². The molecule has 0 fully saturated rings. The molecule has 0 aromatic heterocycles. The van der Waals surface area contributed by atoms with Gasteiger partial charge in [-0.15, -0.1) is 5.10 Å². The molecule has 170 valence electrons. The summed E-state index contributed by atoms with van der Waals surface area (Å²) in [5, 5.41) is 5.72. The van der Waals surface area contributed by atoms with Crippen molar-refractivity contribution in [2.24, 2.45) is 9.96 Å². The zero-order chi connectivity index (χ0) is 23.9. The monoisotopic (exact) mass is 472 g/mol. The molecule has 3 rings (SSSR count). The van der Waals surface area contributed by atoms with E-state index in [2.05, 4.69) is 14.7 Å². The lowest BCUT2D eigenvalue weighted by molar-refractivity contribution is -0.164. The highest BCUT2D eigenvalue weighted by molar-refractivity contribution is 7.87. The number of esters is 1. The molecule has 0 atom stereocenters. The highest BCUT2D eigenvalue weighted by Gasteiger charge is 2.45. The molecule has 0 N–H and O–H groups in total. The summed E-state index contributed by atoms with van der Waals surface area (Å²) < 4.78 is 44.3. The summed E-state index contributed by atoms with van der Waals surface area (Å²) in [6, 6.07) is 26.8. The first-order valence-corrected chi connectivity index (χ1v) is 11.7. The fraction of sp³-hybridized carbons (Fsp3) is 0.125. The molecule has 5 nitrogen and oxygen atoms in total. The molecule has 0 saturated carbocycles. The predicted molar refractivity (Wildman–Crippen MR) is 123 cm³/mol. The molecule has 0 aliphatic rings. The van der Waals surface area contributed by atoms with E-state index >= 15 is 0 Å². The maximum atomic E-state index is 13.2. The van der Waals surface area contributed by atoms with Gasteiger partial charge in [0, 0.05) is 15.9 Å². The largest absolute Gasteiger partial charge is 0.461 e. The Labute approximate surface area is 189 Å². The molecular weight excluding hydrogens is 452 g/mol. The summed E-state index contributed by atoms with van der Waals surface area (Å²) in [5.74, 6) is -3.88. The number of hydrogen-bond donors (Lipinski definition) is 0. The van der Waals surface area contributed by atoms with Gasteiger partial charge in [-0.05, 0) is 6.92 Å². The number of halogens is 3. The van der Waals surface area contributed by atoms with Gasteiger partial charge in [0.15, 0.2) is 0 Å². The van der Waals surface area contributed by atoms with Crippen molar-refractivity contribution in [3.63, 3.8) is 0 Å². The van der Waals surface area contributed by atoms with E-state index in [9.17, 15) is 22.8 Å². The molecule has 33 heavy (non-hydrogen) atoms. The second kappa shape index (κ2) is 10.4. The van der Waals surface area contributed by atoms with Gasteiger partial charge in [-0.2, -0.15) is 18.0 Å². The molecule has 0 radical (unpaired) electrons. The number of carbonyl (C=O) groups excluding carboxylic acids is 2. The Balaban J connectivity index is 2.42. The first-order valence-electron chi connectivity index (χ1n) is 9.95. The second-order valence-electron chi connectivity index (χ2n) is 6.73. The Bertz CT molecular complexity index is 1090. The van der Waals surface area contributed by atoms with Gasteiger partial charge in [0.05, 0.1) is 13.7 Å². The van der Waals surface area contributed by atoms with E-state index in [0.29, 0.717) is 15.9 Å². The Kier molecular flexibility index (Phi) is 7.61. The van der Waals surface area contributed by atoms with Crippen molar-refractivity contribution in [2.75, 3.05) is 6.61 Å². The van der Waals surface area contributed by atoms with Gasteiger partial charge in [0.25, 0.3) is 5.78 Å². The lowest BCUT2D eigenvalue weighted by Crippen LogP contribution is -2.37. The average molecular weight is 472 g/mol. The zero-order valence-electron chi connectivity index (χ0n) is 17.6. The minimum atomic E-state index is -5.31. The molecule has 0 unspecified atom stereocenters. The van der Waals surface area contributed by atoms with Crippen LogP contribution in [0, 0.1) is 0 Å². The van der Waals surface area contributed by atoms with Gasteiger partial charge in [-0.25, -0.2) is 4.79 Å². The number of ketones is 1. The fourth-order valence-corrected chi connectivity index (χ4v) is 6.40. The van der Waals surface area contributed by atoms with Crippen LogP contribution in [0.15, 0.2) is 101 Å². The summed E-state index contributed by atoms with van der Waals surface area (Å²) in [5.41, 5.74) is -1.41. The predicted octanol–water partition coefficient (Wildman–Crippen LogP) is 4.21. The van der Waals surface area contributed by atoms with Crippen molar-refractivity contribution in [2.45, 2.75) is 13.1 Å². The molecular formula is C24H20F3N2O3P. The zero-order valence-corrected chi connectivity index (χ0v) is 18.5. The van der Waals surface area contributed by atoms with Crippen molar-refractivity contribution in [3.05, 3.63) is 91.0 Å². The van der Waals surface area contributed by atoms with Crippen molar-refractivity contribution in [1.82, 2.24) is 0 Å². The normalized spacial score (nSPS) is 12.2. The number of benzene rings is 3. The van der Waals surface area contributed by atoms with Crippen LogP contribution in [0.4, 0.5) is 13.2 Å². The lowest BCUT2D eigenvalue weighted by atomic mass is 10.2. The molecule has 3 aromatic rings. The van der Waals surface area contributed by atoms with E-state index in [-0.39, 0.29) is 6.61 Å². The summed E-state index contributed by atoms with van der Waals surface area (Å²) in [4.78, 5) is 28.6. The molecule has 0 spiro atoms. The van der Waals surface area contributed by atoms with Crippen LogP contribution in [0.2, 0.25) is 0 Å². The first kappa shape index (κ1) is 24.1. The number of nitrogens with zero attached hydrogens (tertiary/aromatic N) is 2. The van der Waals surface area contributed by atoms with Gasteiger partial charge in [-0.1, -0.05) is 91.0 Å². The van der Waals surface area contributed by atoms with Crippen LogP contribution in [-0.4, -0.2) is 30.2 Å². The van der Waals surface area contributed by atoms with Crippen LogP contribution in [0.25, 0.3) is 0 Å². The van der Waals surface area contributed by atoms with Crippen molar-refractivity contribution >= 4 is 40.4 Å². The summed E-state index contributed by atoms with van der Waals surface area (Å²) in [6.07, 6.45) is -5.31. The molecule has 0 aliphatic heterocycles. The maximum absolute atomic E-state index is 13.2. The van der Waals surface area contributed by atoms with E-state index in [1.807, 2.05) is 0 Å². The number of carbonyl (C=O) groups is 2. The third kappa shape index (κ3) is 5.29. The Morgan fingerprint density at radius 3 is 1.52 bits per heavy atom. The van der Waals surface area contributed by atoms with Crippen molar-refractivity contribution in [1.29, 1.82) is 0 Å². The molecule has 0 saturated heterocycles. The average Bonchev–Trinajstić information content (AvgIpc) is 2.83. The van der Waals surface area contributed by atoms with Crippen LogP contribution in [-0.2, 0) is 14.3 Å². The quantitative estimate of drug-likeness (QED) is 0.170. The van der Waals surface area contributed by atoms with Gasteiger partial charge < -0.3 is 4.74 Å². The van der Waals surface area contributed by atoms with E-state index in [1.165, 1.54) is 6.92 Å². The minimum absolute atomic E-state index is 0.223. The van der Waals surface area contributed by atoms with E-state index in [1.54, 1.807) is 91.0 Å². The van der Waals surface area contributed by atoms with Crippen molar-refractivity contribution in [3.8, 4) is 0 Å². The van der Waals surface area contributed by atoms with E-state index < -0.39 is 30.7 Å². The Morgan fingerprint density at radius 2 is 1.18 bits per heavy atom. The molecule has 0 bridgehead atoms. The molecule has 9 heteroatoms. The van der Waals surface area contributed by atoms with Crippen molar-refractivity contribution < 1.29 is 27.5 Å². The molecule has 0 aliphatic carbocycles. The Morgan fingerprint density at radius 1 is 0.788 bits per heavy atom. The van der Waals surface area contributed by atoms with Crippen LogP contribution in [0.1, 0.15) is 6.92 Å². The van der Waals surface area contributed by atoms with Crippen LogP contribution < -0.4 is 15.9 Å². The minimum Gasteiger partial charge on any atom is -0.461 e. The SMILES string of the molecule is CCOC(=O)/C(=N/N=P(c1ccccc1)(c1ccccc1)c1ccccc1)C(=O)C(F)(F)F. The molecule has 3 aromatic carbocycles. The van der Waals surface area contributed by atoms with Crippen LogP contribution >= 0.6 is 7.05 Å². The third-order valence-electron chi connectivity index (χ3n) is 4.61.